The number of benzene rings is 1. The number of hydrogen-bond acceptors (Lipinski definition) is 3. The number of aromatic hydroxyl groups is 1. The maximum absolute atomic E-state index is 13.1. The molecule has 2 aliphatic rings. The van der Waals surface area contributed by atoms with E-state index in [0.717, 1.165) is 4.90 Å². The Morgan fingerprint density at radius 1 is 1.40 bits per heavy atom. The van der Waals surface area contributed by atoms with Gasteiger partial charge in [-0.15, -0.1) is 23.2 Å². The standard InChI is InChI=1S/C18H16BrCl2NO3/c1-3-11-7-8-17(20)15(24)22(9-19)16(25)18(17,21)13(11)12-6-4-5-10(2)14(12)23/h3-7,13,23H,1,8-9H2,2H3. The summed E-state index contributed by atoms with van der Waals surface area (Å²) in [7, 11) is 0. The Bertz CT molecular complexity index is 825. The first kappa shape index (κ1) is 18.5. The number of aryl methyl sites for hydroxylation is 1. The number of fused-ring (bicyclic) bond motifs is 1. The summed E-state index contributed by atoms with van der Waals surface area (Å²) in [5, 5.41) is 10.6. The number of carbonyl (C=O) groups is 2. The number of rotatable bonds is 3. The van der Waals surface area contributed by atoms with Gasteiger partial charge in [0, 0.05) is 11.5 Å². The van der Waals surface area contributed by atoms with Crippen molar-refractivity contribution >= 4 is 50.9 Å². The van der Waals surface area contributed by atoms with Crippen molar-refractivity contribution in [3.63, 3.8) is 0 Å². The van der Waals surface area contributed by atoms with Gasteiger partial charge in [0.15, 0.2) is 9.75 Å². The van der Waals surface area contributed by atoms with Crippen LogP contribution in [0.1, 0.15) is 23.5 Å². The molecule has 0 radical (unpaired) electrons. The van der Waals surface area contributed by atoms with Crippen LogP contribution in [0.2, 0.25) is 0 Å². The Morgan fingerprint density at radius 3 is 2.68 bits per heavy atom. The van der Waals surface area contributed by atoms with Crippen molar-refractivity contribution in [2.75, 3.05) is 5.45 Å². The van der Waals surface area contributed by atoms with Crippen molar-refractivity contribution in [1.82, 2.24) is 4.90 Å². The first-order valence-corrected chi connectivity index (χ1v) is 9.53. The lowest BCUT2D eigenvalue weighted by Crippen LogP contribution is -2.54. The van der Waals surface area contributed by atoms with Crippen LogP contribution in [0.25, 0.3) is 0 Å². The number of alkyl halides is 3. The summed E-state index contributed by atoms with van der Waals surface area (Å²) >= 11 is 16.7. The number of allylic oxidation sites excluding steroid dienone is 3. The molecule has 0 saturated carbocycles. The quantitative estimate of drug-likeness (QED) is 0.435. The third kappa shape index (κ3) is 2.25. The summed E-state index contributed by atoms with van der Waals surface area (Å²) in [5.41, 5.74) is 1.75. The Morgan fingerprint density at radius 2 is 2.08 bits per heavy atom. The fourth-order valence-corrected chi connectivity index (χ4v) is 4.97. The van der Waals surface area contributed by atoms with E-state index in [1.54, 1.807) is 37.3 Å². The van der Waals surface area contributed by atoms with Gasteiger partial charge in [-0.25, -0.2) is 0 Å². The van der Waals surface area contributed by atoms with Crippen molar-refractivity contribution in [2.45, 2.75) is 29.0 Å². The lowest BCUT2D eigenvalue weighted by atomic mass is 9.68. The second kappa shape index (κ2) is 6.15. The molecule has 0 spiro atoms. The minimum Gasteiger partial charge on any atom is -0.507 e. The summed E-state index contributed by atoms with van der Waals surface area (Å²) in [6.45, 7) is 5.54. The second-order valence-electron chi connectivity index (χ2n) is 6.23. The fraction of sp³-hybridized carbons (Fsp3) is 0.333. The van der Waals surface area contributed by atoms with Gasteiger partial charge in [0.1, 0.15) is 5.75 Å². The lowest BCUT2D eigenvalue weighted by molar-refractivity contribution is -0.138. The summed E-state index contributed by atoms with van der Waals surface area (Å²) < 4.78 is 0. The van der Waals surface area contributed by atoms with E-state index in [0.29, 0.717) is 16.7 Å². The molecule has 25 heavy (non-hydrogen) atoms. The van der Waals surface area contributed by atoms with E-state index >= 15 is 0 Å². The number of nitrogens with zero attached hydrogens (tertiary/aromatic N) is 1. The van der Waals surface area contributed by atoms with E-state index in [1.165, 1.54) is 0 Å². The van der Waals surface area contributed by atoms with Crippen LogP contribution in [0.5, 0.6) is 5.75 Å². The minimum atomic E-state index is -1.75. The summed E-state index contributed by atoms with van der Waals surface area (Å²) in [4.78, 5) is 23.5. The highest BCUT2D eigenvalue weighted by atomic mass is 79.9. The van der Waals surface area contributed by atoms with E-state index in [-0.39, 0.29) is 17.6 Å². The Balaban J connectivity index is 2.31. The highest BCUT2D eigenvalue weighted by Crippen LogP contribution is 2.60. The molecule has 1 aliphatic carbocycles. The molecule has 1 aliphatic heterocycles. The van der Waals surface area contributed by atoms with E-state index in [2.05, 4.69) is 22.5 Å². The molecule has 1 aromatic carbocycles. The molecule has 132 valence electrons. The third-order valence-electron chi connectivity index (χ3n) is 5.00. The summed E-state index contributed by atoms with van der Waals surface area (Å²) in [6.07, 6.45) is 3.45. The van der Waals surface area contributed by atoms with E-state index < -0.39 is 27.5 Å². The minimum absolute atomic E-state index is 0.00352. The van der Waals surface area contributed by atoms with E-state index in [4.69, 9.17) is 23.2 Å². The molecule has 1 saturated heterocycles. The van der Waals surface area contributed by atoms with Crippen LogP contribution in [-0.4, -0.2) is 37.0 Å². The molecule has 7 heteroatoms. The highest BCUT2D eigenvalue weighted by Gasteiger charge is 2.72. The first-order chi connectivity index (χ1) is 11.7. The lowest BCUT2D eigenvalue weighted by Gasteiger charge is -2.42. The van der Waals surface area contributed by atoms with E-state index in [9.17, 15) is 14.7 Å². The fourth-order valence-electron chi connectivity index (χ4n) is 3.64. The monoisotopic (exact) mass is 443 g/mol. The molecule has 3 atom stereocenters. The van der Waals surface area contributed by atoms with Crippen molar-refractivity contribution < 1.29 is 14.7 Å². The highest BCUT2D eigenvalue weighted by molar-refractivity contribution is 9.09. The molecule has 1 aromatic rings. The molecule has 3 unspecified atom stereocenters. The topological polar surface area (TPSA) is 57.6 Å². The predicted octanol–water partition coefficient (Wildman–Crippen LogP) is 3.98. The van der Waals surface area contributed by atoms with Crippen molar-refractivity contribution in [3.05, 3.63) is 53.6 Å². The van der Waals surface area contributed by atoms with Crippen LogP contribution >= 0.6 is 39.1 Å². The van der Waals surface area contributed by atoms with Gasteiger partial charge < -0.3 is 5.11 Å². The zero-order valence-corrected chi connectivity index (χ0v) is 16.5. The number of carbonyl (C=O) groups excluding carboxylic acids is 2. The van der Waals surface area contributed by atoms with Gasteiger partial charge in [-0.2, -0.15) is 0 Å². The SMILES string of the molecule is C=CC1=CCC2(Cl)C(=O)N(CBr)C(=O)C2(Cl)C1c1cccc(C)c1O. The average Bonchev–Trinajstić information content (AvgIpc) is 2.74. The van der Waals surface area contributed by atoms with Gasteiger partial charge in [0.2, 0.25) is 0 Å². The average molecular weight is 445 g/mol. The summed E-state index contributed by atoms with van der Waals surface area (Å²) in [5.74, 6) is -1.89. The Hall–Kier alpha value is -1.30. The molecule has 0 aromatic heterocycles. The summed E-state index contributed by atoms with van der Waals surface area (Å²) in [6, 6.07) is 5.20. The van der Waals surface area contributed by atoms with Crippen LogP contribution in [-0.2, 0) is 9.59 Å². The van der Waals surface area contributed by atoms with E-state index in [1.807, 2.05) is 0 Å². The van der Waals surface area contributed by atoms with Gasteiger partial charge in [-0.1, -0.05) is 52.9 Å². The number of amides is 2. The van der Waals surface area contributed by atoms with Gasteiger partial charge in [0.05, 0.1) is 5.45 Å². The zero-order valence-electron chi connectivity index (χ0n) is 13.4. The molecule has 1 fully saturated rings. The van der Waals surface area contributed by atoms with Crippen LogP contribution in [0.3, 0.4) is 0 Å². The molecule has 1 heterocycles. The Kier molecular flexibility index (Phi) is 4.55. The number of imide groups is 1. The Labute approximate surface area is 164 Å². The van der Waals surface area contributed by atoms with Crippen molar-refractivity contribution in [1.29, 1.82) is 0 Å². The maximum atomic E-state index is 13.1. The molecule has 1 N–H and O–H groups in total. The van der Waals surface area contributed by atoms with Crippen molar-refractivity contribution in [3.8, 4) is 5.75 Å². The van der Waals surface area contributed by atoms with Crippen LogP contribution in [0.15, 0.2) is 42.5 Å². The van der Waals surface area contributed by atoms with Crippen LogP contribution in [0.4, 0.5) is 0 Å². The van der Waals surface area contributed by atoms with Gasteiger partial charge in [0.25, 0.3) is 11.8 Å². The predicted molar refractivity (Wildman–Crippen MR) is 101 cm³/mol. The molecule has 0 bridgehead atoms. The van der Waals surface area contributed by atoms with Gasteiger partial charge in [-0.05, 0) is 24.5 Å². The molecule has 2 amide bonds. The number of phenols is 1. The zero-order chi connectivity index (χ0) is 18.6. The van der Waals surface area contributed by atoms with Gasteiger partial charge >= 0.3 is 0 Å². The molecular weight excluding hydrogens is 429 g/mol. The number of likely N-dealkylation sites (tertiary alicyclic amines) is 1. The number of para-hydroxylation sites is 1. The maximum Gasteiger partial charge on any atom is 0.254 e. The second-order valence-corrected chi connectivity index (χ2v) is 7.97. The van der Waals surface area contributed by atoms with Gasteiger partial charge in [-0.3, -0.25) is 14.5 Å². The molecular formula is C18H16BrCl2NO3. The third-order valence-corrected chi connectivity index (χ3v) is 6.92. The van der Waals surface area contributed by atoms with Crippen LogP contribution < -0.4 is 0 Å². The van der Waals surface area contributed by atoms with Crippen LogP contribution in [0, 0.1) is 6.92 Å². The smallest absolute Gasteiger partial charge is 0.254 e. The number of phenolic OH excluding ortho intramolecular Hbond substituents is 1. The number of halogens is 3. The number of hydrogen-bond donors (Lipinski definition) is 1. The largest absolute Gasteiger partial charge is 0.507 e. The molecule has 3 rings (SSSR count). The first-order valence-electron chi connectivity index (χ1n) is 7.65. The van der Waals surface area contributed by atoms with Crippen molar-refractivity contribution in [2.24, 2.45) is 0 Å². The normalized spacial score (nSPS) is 31.8. The molecule has 4 nitrogen and oxygen atoms in total.